The predicted octanol–water partition coefficient (Wildman–Crippen LogP) is -1.57. The first-order valence-corrected chi connectivity index (χ1v) is 6.13. The molecule has 0 aromatic carbocycles. The van der Waals surface area contributed by atoms with Crippen molar-refractivity contribution in [1.82, 2.24) is 10.3 Å². The van der Waals surface area contributed by atoms with Crippen LogP contribution >= 0.6 is 12.2 Å². The first kappa shape index (κ1) is 22.3. The van der Waals surface area contributed by atoms with Gasteiger partial charge >= 0.3 is 51.4 Å². The van der Waals surface area contributed by atoms with Crippen LogP contribution in [0.2, 0.25) is 0 Å². The number of aliphatic hydroxyl groups excluding tert-OH is 1. The minimum absolute atomic E-state index is 0. The fourth-order valence-corrected chi connectivity index (χ4v) is 1.32. The van der Waals surface area contributed by atoms with Crippen LogP contribution in [0.15, 0.2) is 18.2 Å². The van der Waals surface area contributed by atoms with E-state index in [2.05, 4.69) is 41.0 Å². The number of hydrogen-bond acceptors (Lipinski definition) is 4. The number of amides is 1. The normalized spacial score (nSPS) is 9.20. The second-order valence-electron chi connectivity index (χ2n) is 3.42. The average Bonchev–Trinajstić information content (AvgIpc) is 2.38. The summed E-state index contributed by atoms with van der Waals surface area (Å²) in [6.07, 6.45) is 4.98. The minimum atomic E-state index is -0.347. The second-order valence-corrected chi connectivity index (χ2v) is 3.62. The molecule has 1 heterocycles. The van der Waals surface area contributed by atoms with E-state index in [4.69, 9.17) is 5.11 Å². The zero-order chi connectivity index (χ0) is 14.7. The van der Waals surface area contributed by atoms with Crippen LogP contribution in [0.5, 0.6) is 0 Å². The fourth-order valence-electron chi connectivity index (χ4n) is 1.22. The van der Waals surface area contributed by atoms with Crippen LogP contribution in [-0.4, -0.2) is 28.1 Å². The van der Waals surface area contributed by atoms with E-state index < -0.39 is 0 Å². The molecule has 6 heteroatoms. The molecule has 0 fully saturated rings. The minimum Gasteiger partial charge on any atom is -0.484 e. The molecule has 2 N–H and O–H groups in total. The molecular formula is C14H17KN2O2S-2. The molecule has 0 radical (unpaired) electrons. The van der Waals surface area contributed by atoms with E-state index in [1.54, 1.807) is 0 Å². The molecule has 0 aliphatic rings. The number of hydrogen-bond donors (Lipinski definition) is 2. The fraction of sp³-hybridized carbons (Fsp3) is 0.286. The summed E-state index contributed by atoms with van der Waals surface area (Å²) in [4.78, 5) is 15.4. The SMILES string of the molecule is CCc1ccc(C)nc1[C-]=CC(=O)N[C-]=S.[CH2-]CO.[K+]. The Kier molecular flexibility index (Phi) is 15.6. The van der Waals surface area contributed by atoms with Crippen molar-refractivity contribution in [2.24, 2.45) is 0 Å². The predicted molar refractivity (Wildman–Crippen MR) is 78.5 cm³/mol. The summed E-state index contributed by atoms with van der Waals surface area (Å²) in [5, 5.41) is 9.71. The van der Waals surface area contributed by atoms with Gasteiger partial charge in [0.25, 0.3) is 0 Å². The van der Waals surface area contributed by atoms with E-state index in [1.807, 2.05) is 26.0 Å². The number of nitrogens with one attached hydrogen (secondary N) is 1. The molecule has 0 aliphatic carbocycles. The van der Waals surface area contributed by atoms with Crippen molar-refractivity contribution in [2.45, 2.75) is 20.3 Å². The molecule has 0 atom stereocenters. The summed E-state index contributed by atoms with van der Waals surface area (Å²) in [6, 6.07) is 3.93. The second kappa shape index (κ2) is 14.0. The molecule has 0 spiro atoms. The smallest absolute Gasteiger partial charge is 0.484 e. The van der Waals surface area contributed by atoms with Crippen molar-refractivity contribution in [3.05, 3.63) is 48.2 Å². The number of aromatic nitrogens is 1. The molecule has 4 nitrogen and oxygen atoms in total. The molecule has 1 aromatic rings. The standard InChI is InChI=1S/C12H12N2OS.C2H5O.K/c1-3-10-5-4-9(2)14-11(10)6-7-12(15)13-8-16;1-2-3;/h4-5,7H,3H2,1-2H3,(H,13,15,16);3H,1-2H2;/q-2;-1;+1. The third kappa shape index (κ3) is 9.87. The number of carbonyl (C=O) groups excluding carboxylic acids is 1. The summed E-state index contributed by atoms with van der Waals surface area (Å²) < 4.78 is 0. The molecule has 0 saturated carbocycles. The Bertz CT molecular complexity index is 451. The van der Waals surface area contributed by atoms with Crippen molar-refractivity contribution in [1.29, 1.82) is 0 Å². The number of aryl methyl sites for hydroxylation is 2. The Labute approximate surface area is 168 Å². The molecule has 0 unspecified atom stereocenters. The molecule has 1 amide bonds. The first-order valence-electron chi connectivity index (χ1n) is 5.72. The average molecular weight is 316 g/mol. The molecule has 104 valence electrons. The van der Waals surface area contributed by atoms with Crippen LogP contribution in [0.4, 0.5) is 0 Å². The summed E-state index contributed by atoms with van der Waals surface area (Å²) in [5.41, 5.74) is 4.79. The molecule has 0 bridgehead atoms. The third-order valence-corrected chi connectivity index (χ3v) is 2.12. The number of aliphatic hydroxyl groups is 1. The van der Waals surface area contributed by atoms with Crippen molar-refractivity contribution in [3.8, 4) is 0 Å². The number of carbonyl (C=O) groups is 1. The van der Waals surface area contributed by atoms with Crippen molar-refractivity contribution < 1.29 is 61.3 Å². The Hall–Kier alpha value is 0.0464. The Morgan fingerprint density at radius 2 is 2.20 bits per heavy atom. The monoisotopic (exact) mass is 316 g/mol. The molecule has 0 aliphatic heterocycles. The summed E-state index contributed by atoms with van der Waals surface area (Å²) in [7, 11) is 0. The van der Waals surface area contributed by atoms with Gasteiger partial charge in [-0.05, 0) is 12.6 Å². The Morgan fingerprint density at radius 3 is 2.70 bits per heavy atom. The van der Waals surface area contributed by atoms with Crippen LogP contribution < -0.4 is 56.7 Å². The van der Waals surface area contributed by atoms with Crippen molar-refractivity contribution in [3.63, 3.8) is 0 Å². The third-order valence-electron chi connectivity index (χ3n) is 2.01. The van der Waals surface area contributed by atoms with E-state index in [0.717, 1.165) is 17.7 Å². The number of pyridine rings is 1. The summed E-state index contributed by atoms with van der Waals surface area (Å²) in [5.74, 6) is -0.347. The van der Waals surface area contributed by atoms with Gasteiger partial charge in [-0.3, -0.25) is 4.98 Å². The Balaban J connectivity index is 0. The van der Waals surface area contributed by atoms with Crippen LogP contribution in [-0.2, 0) is 11.2 Å². The summed E-state index contributed by atoms with van der Waals surface area (Å²) in [6.45, 7) is 6.97. The van der Waals surface area contributed by atoms with Gasteiger partial charge in [0, 0.05) is 5.69 Å². The van der Waals surface area contributed by atoms with E-state index in [0.29, 0.717) is 5.69 Å². The van der Waals surface area contributed by atoms with Gasteiger partial charge in [0.15, 0.2) is 0 Å². The van der Waals surface area contributed by atoms with E-state index in [9.17, 15) is 4.79 Å². The van der Waals surface area contributed by atoms with Gasteiger partial charge in [-0.25, -0.2) is 12.2 Å². The molecule has 20 heavy (non-hydrogen) atoms. The molecule has 0 saturated heterocycles. The molecular weight excluding hydrogens is 299 g/mol. The van der Waals surface area contributed by atoms with Gasteiger partial charge < -0.3 is 22.1 Å². The number of nitrogens with zero attached hydrogens (tertiary/aromatic N) is 1. The molecule has 1 rings (SSSR count). The van der Waals surface area contributed by atoms with E-state index in [1.165, 1.54) is 6.08 Å². The maximum Gasteiger partial charge on any atom is 1.00 e. The van der Waals surface area contributed by atoms with Crippen LogP contribution in [0, 0.1) is 19.9 Å². The zero-order valence-corrected chi connectivity index (χ0v) is 16.0. The van der Waals surface area contributed by atoms with Crippen LogP contribution in [0.25, 0.3) is 0 Å². The maximum absolute atomic E-state index is 11.1. The van der Waals surface area contributed by atoms with Gasteiger partial charge in [-0.15, -0.1) is 17.7 Å². The molecule has 1 aromatic heterocycles. The maximum atomic E-state index is 11.1. The van der Waals surface area contributed by atoms with Gasteiger partial charge in [-0.2, -0.15) is 6.08 Å². The zero-order valence-electron chi connectivity index (χ0n) is 12.1. The topological polar surface area (TPSA) is 62.2 Å². The van der Waals surface area contributed by atoms with Gasteiger partial charge in [0.2, 0.25) is 0 Å². The number of thiocarbonyl (C=S) groups is 1. The van der Waals surface area contributed by atoms with Gasteiger partial charge in [0.1, 0.15) is 0 Å². The number of rotatable bonds is 4. The van der Waals surface area contributed by atoms with Crippen molar-refractivity contribution >= 4 is 23.6 Å². The van der Waals surface area contributed by atoms with E-state index >= 15 is 0 Å². The largest absolute Gasteiger partial charge is 1.00 e. The van der Waals surface area contributed by atoms with Gasteiger partial charge in [0.05, 0.1) is 5.91 Å². The first-order chi connectivity index (χ1) is 9.08. The van der Waals surface area contributed by atoms with Crippen molar-refractivity contribution in [2.75, 3.05) is 6.61 Å². The summed E-state index contributed by atoms with van der Waals surface area (Å²) >= 11 is 4.38. The quantitative estimate of drug-likeness (QED) is 0.232. The van der Waals surface area contributed by atoms with Gasteiger partial charge in [-0.1, -0.05) is 31.5 Å². The van der Waals surface area contributed by atoms with E-state index in [-0.39, 0.29) is 63.9 Å². The van der Waals surface area contributed by atoms with Crippen LogP contribution in [0.3, 0.4) is 0 Å². The van der Waals surface area contributed by atoms with Crippen LogP contribution in [0.1, 0.15) is 23.9 Å². The Morgan fingerprint density at radius 1 is 1.60 bits per heavy atom.